The van der Waals surface area contributed by atoms with E-state index in [9.17, 15) is 13.2 Å². The molecule has 0 N–H and O–H groups in total. The molecule has 0 atom stereocenters. The van der Waals surface area contributed by atoms with Crippen LogP contribution in [0.3, 0.4) is 0 Å². The maximum absolute atomic E-state index is 12.3. The van der Waals surface area contributed by atoms with Crippen LogP contribution in [-0.4, -0.2) is 19.9 Å². The van der Waals surface area contributed by atoms with Crippen molar-refractivity contribution >= 4 is 37.4 Å². The molecule has 1 aliphatic rings. The van der Waals surface area contributed by atoms with Crippen LogP contribution in [0.2, 0.25) is 0 Å². The fourth-order valence-electron chi connectivity index (χ4n) is 1.72. The molecule has 4 nitrogen and oxygen atoms in total. The van der Waals surface area contributed by atoms with Crippen LogP contribution < -0.4 is 0 Å². The van der Waals surface area contributed by atoms with E-state index in [1.807, 2.05) is 13.0 Å². The highest BCUT2D eigenvalue weighted by Gasteiger charge is 2.18. The lowest BCUT2D eigenvalue weighted by atomic mass is 10.2. The summed E-state index contributed by atoms with van der Waals surface area (Å²) in [6, 6.07) is 5.18. The minimum absolute atomic E-state index is 0.180. The molecule has 1 aliphatic carbocycles. The molecule has 0 saturated carbocycles. The zero-order valence-electron chi connectivity index (χ0n) is 10.9. The van der Waals surface area contributed by atoms with Gasteiger partial charge in [0.25, 0.3) is 10.0 Å². The van der Waals surface area contributed by atoms with Crippen LogP contribution in [0.15, 0.2) is 50.2 Å². The summed E-state index contributed by atoms with van der Waals surface area (Å²) < 4.78 is 28.7. The Bertz CT molecular complexity index is 774. The average Bonchev–Trinajstić information content (AvgIpc) is 2.36. The van der Waals surface area contributed by atoms with Crippen LogP contribution in [-0.2, 0) is 14.8 Å². The molecule has 0 heterocycles. The number of halogens is 1. The molecule has 104 valence electrons. The first-order valence-electron chi connectivity index (χ1n) is 5.81. The maximum atomic E-state index is 12.3. The van der Waals surface area contributed by atoms with E-state index in [1.165, 1.54) is 18.2 Å². The molecule has 0 fully saturated rings. The number of carbonyl (C=O) groups is 1. The minimum atomic E-state index is -3.79. The lowest BCUT2D eigenvalue weighted by Gasteiger charge is -2.07. The highest BCUT2D eigenvalue weighted by molar-refractivity contribution is 9.12. The summed E-state index contributed by atoms with van der Waals surface area (Å²) in [5.41, 5.74) is 1.71. The predicted octanol–water partition coefficient (Wildman–Crippen LogP) is 2.85. The van der Waals surface area contributed by atoms with Gasteiger partial charge in [0.15, 0.2) is 5.78 Å². The normalized spacial score (nSPS) is 17.4. The Morgan fingerprint density at radius 1 is 1.15 bits per heavy atom. The van der Waals surface area contributed by atoms with E-state index in [4.69, 9.17) is 0 Å². The Kier molecular flexibility index (Phi) is 4.06. The third kappa shape index (κ3) is 3.13. The standard InChI is InChI=1S/C14H12BrNO3S/c1-9-3-4-10(2)14(7-9)20(18,19)16-11-5-6-13(17)12(15)8-11/h3-8H,1-2H3/b16-11+. The molecule has 0 radical (unpaired) electrons. The molecule has 2 rings (SSSR count). The Balaban J connectivity index is 2.50. The van der Waals surface area contributed by atoms with Gasteiger partial charge < -0.3 is 0 Å². The molecule has 20 heavy (non-hydrogen) atoms. The fraction of sp³-hybridized carbons (Fsp3) is 0.143. The van der Waals surface area contributed by atoms with Gasteiger partial charge in [-0.15, -0.1) is 0 Å². The summed E-state index contributed by atoms with van der Waals surface area (Å²) >= 11 is 3.07. The van der Waals surface area contributed by atoms with Crippen molar-refractivity contribution in [3.8, 4) is 0 Å². The van der Waals surface area contributed by atoms with Crippen LogP contribution in [0.5, 0.6) is 0 Å². The SMILES string of the molecule is Cc1ccc(C)c(S(=O)(=O)/N=C2\C=CC(=O)C(Br)=C2)c1. The average molecular weight is 354 g/mol. The topological polar surface area (TPSA) is 63.6 Å². The molecule has 0 aromatic heterocycles. The van der Waals surface area contributed by atoms with Crippen molar-refractivity contribution < 1.29 is 13.2 Å². The van der Waals surface area contributed by atoms with Gasteiger partial charge in [-0.25, -0.2) is 0 Å². The summed E-state index contributed by atoms with van der Waals surface area (Å²) in [4.78, 5) is 11.4. The van der Waals surface area contributed by atoms with Gasteiger partial charge in [0.2, 0.25) is 0 Å². The number of allylic oxidation sites excluding steroid dienone is 4. The van der Waals surface area contributed by atoms with Gasteiger partial charge in [-0.1, -0.05) is 12.1 Å². The molecule has 0 aliphatic heterocycles. The van der Waals surface area contributed by atoms with Crippen LogP contribution in [0.1, 0.15) is 11.1 Å². The number of rotatable bonds is 2. The second-order valence-corrected chi connectivity index (χ2v) is 6.88. The number of hydrogen-bond donors (Lipinski definition) is 0. The number of ketones is 1. The van der Waals surface area contributed by atoms with Gasteiger partial charge in [-0.2, -0.15) is 12.8 Å². The van der Waals surface area contributed by atoms with Gasteiger partial charge in [0.05, 0.1) is 15.1 Å². The molecule has 0 bridgehead atoms. The quantitative estimate of drug-likeness (QED) is 0.768. The Morgan fingerprint density at radius 2 is 1.85 bits per heavy atom. The highest BCUT2D eigenvalue weighted by atomic mass is 79.9. The van der Waals surface area contributed by atoms with Crippen molar-refractivity contribution in [1.82, 2.24) is 0 Å². The molecule has 0 amide bonds. The van der Waals surface area contributed by atoms with Crippen LogP contribution in [0, 0.1) is 13.8 Å². The van der Waals surface area contributed by atoms with E-state index < -0.39 is 10.0 Å². The Hall–Kier alpha value is -1.53. The van der Waals surface area contributed by atoms with Gasteiger partial charge in [0.1, 0.15) is 0 Å². The summed E-state index contributed by atoms with van der Waals surface area (Å²) in [5.74, 6) is -0.215. The number of aryl methyl sites for hydroxylation is 2. The lowest BCUT2D eigenvalue weighted by Crippen LogP contribution is -2.08. The monoisotopic (exact) mass is 353 g/mol. The van der Waals surface area contributed by atoms with Crippen molar-refractivity contribution in [2.24, 2.45) is 4.40 Å². The molecule has 1 aromatic rings. The number of benzene rings is 1. The Labute approximate surface area is 126 Å². The van der Waals surface area contributed by atoms with Gasteiger partial charge in [0, 0.05) is 0 Å². The zero-order valence-corrected chi connectivity index (χ0v) is 13.3. The molecular weight excluding hydrogens is 342 g/mol. The summed E-state index contributed by atoms with van der Waals surface area (Å²) in [7, 11) is -3.79. The summed E-state index contributed by atoms with van der Waals surface area (Å²) in [6.45, 7) is 3.54. The number of sulfonamides is 1. The summed E-state index contributed by atoms with van der Waals surface area (Å²) in [5, 5.41) is 0. The minimum Gasteiger partial charge on any atom is -0.289 e. The molecular formula is C14H12BrNO3S. The van der Waals surface area contributed by atoms with Crippen LogP contribution >= 0.6 is 15.9 Å². The van der Waals surface area contributed by atoms with E-state index in [2.05, 4.69) is 20.3 Å². The number of carbonyl (C=O) groups excluding carboxylic acids is 1. The van der Waals surface area contributed by atoms with E-state index in [0.29, 0.717) is 5.56 Å². The third-order valence-corrected chi connectivity index (χ3v) is 4.83. The van der Waals surface area contributed by atoms with E-state index in [1.54, 1.807) is 19.1 Å². The number of hydrogen-bond acceptors (Lipinski definition) is 3. The maximum Gasteiger partial charge on any atom is 0.283 e. The van der Waals surface area contributed by atoms with Crippen LogP contribution in [0.25, 0.3) is 0 Å². The molecule has 0 spiro atoms. The first kappa shape index (κ1) is 14.9. The second-order valence-electron chi connectivity index (χ2n) is 4.45. The molecule has 0 unspecified atom stereocenters. The number of nitrogens with zero attached hydrogens (tertiary/aromatic N) is 1. The summed E-state index contributed by atoms with van der Waals surface area (Å²) in [6.07, 6.45) is 4.06. The third-order valence-electron chi connectivity index (χ3n) is 2.76. The predicted molar refractivity (Wildman–Crippen MR) is 81.7 cm³/mol. The molecule has 6 heteroatoms. The largest absolute Gasteiger partial charge is 0.289 e. The fourth-order valence-corrected chi connectivity index (χ4v) is 3.39. The van der Waals surface area contributed by atoms with Crippen molar-refractivity contribution in [2.75, 3.05) is 0 Å². The van der Waals surface area contributed by atoms with Gasteiger partial charge >= 0.3 is 0 Å². The van der Waals surface area contributed by atoms with Crippen molar-refractivity contribution in [3.05, 3.63) is 52.0 Å². The second kappa shape index (κ2) is 5.46. The van der Waals surface area contributed by atoms with Crippen LogP contribution in [0.4, 0.5) is 0 Å². The van der Waals surface area contributed by atoms with E-state index in [0.717, 1.165) is 5.56 Å². The van der Waals surface area contributed by atoms with Crippen molar-refractivity contribution in [1.29, 1.82) is 0 Å². The molecule has 0 saturated heterocycles. The molecule has 1 aromatic carbocycles. The lowest BCUT2D eigenvalue weighted by molar-refractivity contribution is -0.110. The van der Waals surface area contributed by atoms with Crippen molar-refractivity contribution in [2.45, 2.75) is 18.7 Å². The Morgan fingerprint density at radius 3 is 2.50 bits per heavy atom. The van der Waals surface area contributed by atoms with E-state index >= 15 is 0 Å². The van der Waals surface area contributed by atoms with E-state index in [-0.39, 0.29) is 20.9 Å². The van der Waals surface area contributed by atoms with Crippen molar-refractivity contribution in [3.63, 3.8) is 0 Å². The smallest absolute Gasteiger partial charge is 0.283 e. The first-order valence-corrected chi connectivity index (χ1v) is 8.05. The first-order chi connectivity index (χ1) is 9.29. The highest BCUT2D eigenvalue weighted by Crippen LogP contribution is 2.21. The van der Waals surface area contributed by atoms with Gasteiger partial charge in [-0.05, 0) is 65.2 Å². The zero-order chi connectivity index (χ0) is 14.9. The van der Waals surface area contributed by atoms with Gasteiger partial charge in [-0.3, -0.25) is 4.79 Å².